The van der Waals surface area contributed by atoms with Crippen molar-refractivity contribution in [3.8, 4) is 0 Å². The third-order valence-electron chi connectivity index (χ3n) is 2.96. The maximum Gasteiger partial charge on any atom is 0.414 e. The van der Waals surface area contributed by atoms with E-state index in [1.807, 2.05) is 0 Å². The van der Waals surface area contributed by atoms with Crippen molar-refractivity contribution in [2.45, 2.75) is 32.5 Å². The van der Waals surface area contributed by atoms with Crippen LogP contribution >= 0.6 is 0 Å². The summed E-state index contributed by atoms with van der Waals surface area (Å²) in [6.07, 6.45) is -1.22. The van der Waals surface area contributed by atoms with Crippen molar-refractivity contribution in [3.05, 3.63) is 24.3 Å². The maximum atomic E-state index is 11.7. The molecule has 0 aromatic heterocycles. The molecule has 1 aliphatic heterocycles. The first-order valence-corrected chi connectivity index (χ1v) is 7.07. The van der Waals surface area contributed by atoms with Gasteiger partial charge in [0.15, 0.2) is 0 Å². The lowest BCUT2D eigenvalue weighted by Gasteiger charge is -2.20. The molecule has 1 aliphatic rings. The number of cyclic esters (lactones) is 1. The van der Waals surface area contributed by atoms with Gasteiger partial charge >= 0.3 is 12.2 Å². The molecule has 0 bridgehead atoms. The predicted molar refractivity (Wildman–Crippen MR) is 83.0 cm³/mol. The van der Waals surface area contributed by atoms with Crippen LogP contribution in [0.15, 0.2) is 24.3 Å². The molecule has 7 nitrogen and oxygen atoms in total. The summed E-state index contributed by atoms with van der Waals surface area (Å²) in [7, 11) is 0. The van der Waals surface area contributed by atoms with Crippen molar-refractivity contribution < 1.29 is 19.1 Å². The zero-order valence-corrected chi connectivity index (χ0v) is 13.0. The molecule has 1 aromatic rings. The summed E-state index contributed by atoms with van der Waals surface area (Å²) >= 11 is 0. The second kappa shape index (κ2) is 6.23. The van der Waals surface area contributed by atoms with Gasteiger partial charge in [0, 0.05) is 17.9 Å². The fraction of sp³-hybridized carbons (Fsp3) is 0.467. The second-order valence-corrected chi connectivity index (χ2v) is 6.03. The summed E-state index contributed by atoms with van der Waals surface area (Å²) in [4.78, 5) is 24.9. The number of rotatable bonds is 3. The summed E-state index contributed by atoms with van der Waals surface area (Å²) in [5, 5.41) is 2.63. The Bertz CT molecular complexity index is 551. The van der Waals surface area contributed by atoms with Gasteiger partial charge < -0.3 is 15.2 Å². The quantitative estimate of drug-likeness (QED) is 0.893. The van der Waals surface area contributed by atoms with Crippen LogP contribution in [-0.2, 0) is 9.47 Å². The minimum absolute atomic E-state index is 0.285. The topological polar surface area (TPSA) is 93.9 Å². The third-order valence-corrected chi connectivity index (χ3v) is 2.96. The summed E-state index contributed by atoms with van der Waals surface area (Å²) in [5.41, 5.74) is 6.22. The monoisotopic (exact) mass is 307 g/mol. The Kier molecular flexibility index (Phi) is 4.56. The highest BCUT2D eigenvalue weighted by Crippen LogP contribution is 2.23. The van der Waals surface area contributed by atoms with Gasteiger partial charge in [-0.3, -0.25) is 10.2 Å². The van der Waals surface area contributed by atoms with Crippen molar-refractivity contribution in [1.82, 2.24) is 0 Å². The van der Waals surface area contributed by atoms with E-state index in [9.17, 15) is 9.59 Å². The Morgan fingerprint density at radius 2 is 2.05 bits per heavy atom. The number of carbonyl (C=O) groups excluding carboxylic acids is 2. The van der Waals surface area contributed by atoms with Gasteiger partial charge in [0.2, 0.25) is 0 Å². The van der Waals surface area contributed by atoms with Crippen LogP contribution in [0.3, 0.4) is 0 Å². The molecule has 22 heavy (non-hydrogen) atoms. The summed E-state index contributed by atoms with van der Waals surface area (Å²) in [6, 6.07) is 6.85. The van der Waals surface area contributed by atoms with Crippen molar-refractivity contribution >= 4 is 23.6 Å². The molecule has 1 aromatic carbocycles. The first kappa shape index (κ1) is 16.1. The van der Waals surface area contributed by atoms with Crippen molar-refractivity contribution in [2.24, 2.45) is 5.73 Å². The lowest BCUT2D eigenvalue weighted by molar-refractivity contribution is 0.0636. The average Bonchev–Trinajstić information content (AvgIpc) is 2.79. The molecular formula is C15H21N3O4. The Hall–Kier alpha value is -2.28. The minimum atomic E-state index is -0.555. The van der Waals surface area contributed by atoms with Gasteiger partial charge in [0.05, 0.1) is 6.54 Å². The number of nitrogens with two attached hydrogens (primary N) is 1. The zero-order chi connectivity index (χ0) is 16.3. The molecule has 1 saturated heterocycles. The van der Waals surface area contributed by atoms with E-state index in [1.54, 1.807) is 45.0 Å². The molecule has 1 heterocycles. The molecule has 2 rings (SSSR count). The molecule has 120 valence electrons. The van der Waals surface area contributed by atoms with Crippen molar-refractivity contribution in [1.29, 1.82) is 0 Å². The smallest absolute Gasteiger partial charge is 0.414 e. The molecule has 0 unspecified atom stereocenters. The van der Waals surface area contributed by atoms with E-state index in [-0.39, 0.29) is 6.10 Å². The van der Waals surface area contributed by atoms with Crippen molar-refractivity contribution in [3.63, 3.8) is 0 Å². The highest BCUT2D eigenvalue weighted by molar-refractivity contribution is 5.90. The minimum Gasteiger partial charge on any atom is -0.444 e. The lowest BCUT2D eigenvalue weighted by Crippen LogP contribution is -2.28. The highest BCUT2D eigenvalue weighted by atomic mass is 16.6. The van der Waals surface area contributed by atoms with Crippen LogP contribution in [0.1, 0.15) is 20.8 Å². The molecule has 1 atom stereocenters. The number of nitrogens with zero attached hydrogens (tertiary/aromatic N) is 1. The van der Waals surface area contributed by atoms with Gasteiger partial charge in [-0.15, -0.1) is 0 Å². The Labute approximate surface area is 129 Å². The maximum absolute atomic E-state index is 11.7. The molecule has 0 saturated carbocycles. The highest BCUT2D eigenvalue weighted by Gasteiger charge is 2.31. The lowest BCUT2D eigenvalue weighted by atomic mass is 10.2. The summed E-state index contributed by atoms with van der Waals surface area (Å²) in [6.45, 7) is 6.10. The third kappa shape index (κ3) is 4.11. The van der Waals surface area contributed by atoms with Crippen LogP contribution in [0, 0.1) is 0 Å². The average molecular weight is 307 g/mol. The molecule has 2 amide bonds. The van der Waals surface area contributed by atoms with E-state index in [0.29, 0.717) is 24.5 Å². The van der Waals surface area contributed by atoms with E-state index in [4.69, 9.17) is 15.2 Å². The number of amides is 2. The number of benzene rings is 1. The van der Waals surface area contributed by atoms with Crippen LogP contribution < -0.4 is 16.0 Å². The van der Waals surface area contributed by atoms with Gasteiger partial charge in [0.25, 0.3) is 0 Å². The van der Waals surface area contributed by atoms with E-state index >= 15 is 0 Å². The van der Waals surface area contributed by atoms with Gasteiger partial charge in [0.1, 0.15) is 11.7 Å². The fourth-order valence-electron chi connectivity index (χ4n) is 2.00. The van der Waals surface area contributed by atoms with Crippen LogP contribution in [0.4, 0.5) is 21.0 Å². The number of ether oxygens (including phenoxy) is 2. The normalized spacial score (nSPS) is 18.1. The Balaban J connectivity index is 1.99. The van der Waals surface area contributed by atoms with E-state index in [1.165, 1.54) is 4.90 Å². The SMILES string of the molecule is CC(C)(C)OC(=O)Nc1ccc(N2C[C@H](CN)OC2=O)cc1. The van der Waals surface area contributed by atoms with E-state index < -0.39 is 17.8 Å². The largest absolute Gasteiger partial charge is 0.444 e. The standard InChI is InChI=1S/C15H21N3O4/c1-15(2,3)22-13(19)17-10-4-6-11(7-5-10)18-9-12(8-16)21-14(18)20/h4-7,12H,8-9,16H2,1-3H3,(H,17,19)/t12-/m0/s1. The second-order valence-electron chi connectivity index (χ2n) is 6.03. The number of hydrogen-bond donors (Lipinski definition) is 2. The van der Waals surface area contributed by atoms with Gasteiger partial charge in [-0.2, -0.15) is 0 Å². The number of anilines is 2. The molecular weight excluding hydrogens is 286 g/mol. The Morgan fingerprint density at radius 3 is 2.55 bits per heavy atom. The van der Waals surface area contributed by atoms with Crippen LogP contribution in [-0.4, -0.2) is 37.0 Å². The van der Waals surface area contributed by atoms with Crippen molar-refractivity contribution in [2.75, 3.05) is 23.3 Å². The predicted octanol–water partition coefficient (Wildman–Crippen LogP) is 2.32. The van der Waals surface area contributed by atoms with Gasteiger partial charge in [-0.05, 0) is 45.0 Å². The molecule has 0 spiro atoms. The first-order valence-electron chi connectivity index (χ1n) is 7.07. The summed E-state index contributed by atoms with van der Waals surface area (Å²) in [5.74, 6) is 0. The number of carbonyl (C=O) groups is 2. The van der Waals surface area contributed by atoms with Crippen LogP contribution in [0.5, 0.6) is 0 Å². The number of nitrogens with one attached hydrogen (secondary N) is 1. The van der Waals surface area contributed by atoms with Crippen LogP contribution in [0.2, 0.25) is 0 Å². The molecule has 0 aliphatic carbocycles. The summed E-state index contributed by atoms with van der Waals surface area (Å²) < 4.78 is 10.3. The van der Waals surface area contributed by atoms with Gasteiger partial charge in [-0.1, -0.05) is 0 Å². The number of hydrogen-bond acceptors (Lipinski definition) is 5. The van der Waals surface area contributed by atoms with E-state index in [2.05, 4.69) is 5.32 Å². The molecule has 1 fully saturated rings. The molecule has 3 N–H and O–H groups in total. The Morgan fingerprint density at radius 1 is 1.41 bits per heavy atom. The van der Waals surface area contributed by atoms with E-state index in [0.717, 1.165) is 0 Å². The van der Waals surface area contributed by atoms with Gasteiger partial charge in [-0.25, -0.2) is 9.59 Å². The van der Waals surface area contributed by atoms with Crippen LogP contribution in [0.25, 0.3) is 0 Å². The molecule has 7 heteroatoms. The fourth-order valence-corrected chi connectivity index (χ4v) is 2.00. The first-order chi connectivity index (χ1) is 10.3. The molecule has 0 radical (unpaired) electrons. The zero-order valence-electron chi connectivity index (χ0n) is 13.0.